The number of allylic oxidation sites excluding steroid dienone is 2. The van der Waals surface area contributed by atoms with Gasteiger partial charge in [-0.05, 0) is 56.1 Å². The summed E-state index contributed by atoms with van der Waals surface area (Å²) in [5.41, 5.74) is 0. The van der Waals surface area contributed by atoms with Gasteiger partial charge in [-0.25, -0.2) is 0 Å². The molecule has 0 aliphatic carbocycles. The molecule has 0 aromatic rings. The second kappa shape index (κ2) is 5.65. The van der Waals surface area contributed by atoms with E-state index in [-0.39, 0.29) is 0 Å². The molecule has 15 heavy (non-hydrogen) atoms. The molecule has 0 heterocycles. The van der Waals surface area contributed by atoms with E-state index in [1.54, 1.807) is 0 Å². The predicted molar refractivity (Wildman–Crippen MR) is 67.3 cm³/mol. The molecule has 0 bridgehead atoms. The molecule has 0 fully saturated rings. The van der Waals surface area contributed by atoms with Crippen molar-refractivity contribution in [3.05, 3.63) is 11.8 Å². The van der Waals surface area contributed by atoms with Crippen molar-refractivity contribution >= 4 is 8.80 Å². The minimum Gasteiger partial charge on any atom is -0.511 e. The maximum atomic E-state index is 6.15. The Morgan fingerprint density at radius 3 is 1.47 bits per heavy atom. The van der Waals surface area contributed by atoms with Gasteiger partial charge in [-0.3, -0.25) is 13.7 Å². The van der Waals surface area contributed by atoms with E-state index in [0.717, 1.165) is 5.76 Å². The smallest absolute Gasteiger partial charge is 0.510 e. The quantitative estimate of drug-likeness (QED) is 0.520. The summed E-state index contributed by atoms with van der Waals surface area (Å²) in [6, 6.07) is 0. The second-order valence-corrected chi connectivity index (χ2v) is 8.29. The van der Waals surface area contributed by atoms with Gasteiger partial charge in [0, 0.05) is 0 Å². The summed E-state index contributed by atoms with van der Waals surface area (Å²) < 4.78 is 12.7. The van der Waals surface area contributed by atoms with Gasteiger partial charge in [0.1, 0.15) is 0 Å². The van der Waals surface area contributed by atoms with Gasteiger partial charge in [-0.2, -0.15) is 0 Å². The zero-order valence-electron chi connectivity index (χ0n) is 11.3. The van der Waals surface area contributed by atoms with Crippen LogP contribution in [0, 0.1) is 0 Å². The van der Waals surface area contributed by atoms with E-state index >= 15 is 0 Å². The minimum absolute atomic E-state index is 0.970. The maximum Gasteiger partial charge on any atom is 0.510 e. The topological polar surface area (TPSA) is 19.0 Å². The molecule has 0 aliphatic rings. The van der Waals surface area contributed by atoms with E-state index in [1.165, 1.54) is 0 Å². The van der Waals surface area contributed by atoms with Crippen LogP contribution in [0.3, 0.4) is 0 Å². The Morgan fingerprint density at radius 1 is 0.933 bits per heavy atom. The van der Waals surface area contributed by atoms with Gasteiger partial charge in [0.2, 0.25) is 0 Å². The van der Waals surface area contributed by atoms with Crippen molar-refractivity contribution in [2.24, 2.45) is 0 Å². The summed E-state index contributed by atoms with van der Waals surface area (Å²) in [6.45, 7) is 3.99. The first-order chi connectivity index (χ1) is 6.78. The first-order valence-corrected chi connectivity index (χ1v) is 6.88. The zero-order valence-corrected chi connectivity index (χ0v) is 12.3. The third-order valence-corrected chi connectivity index (χ3v) is 6.54. The summed E-state index contributed by atoms with van der Waals surface area (Å²) in [5, 5.41) is 0. The Kier molecular flexibility index (Phi) is 5.51. The van der Waals surface area contributed by atoms with Gasteiger partial charge in [0.25, 0.3) is 0 Å². The van der Waals surface area contributed by atoms with E-state index in [0.29, 0.717) is 0 Å². The van der Waals surface area contributed by atoms with Gasteiger partial charge < -0.3 is 4.43 Å². The third-order valence-electron chi connectivity index (χ3n) is 2.45. The van der Waals surface area contributed by atoms with Crippen LogP contribution in [-0.4, -0.2) is 64.8 Å². The van der Waals surface area contributed by atoms with Crippen molar-refractivity contribution < 1.29 is 4.43 Å². The highest BCUT2D eigenvalue weighted by atomic mass is 28.4. The Balaban J connectivity index is 5.14. The molecule has 0 N–H and O–H groups in total. The molecule has 0 radical (unpaired) electrons. The largest absolute Gasteiger partial charge is 0.511 e. The lowest BCUT2D eigenvalue weighted by molar-refractivity contribution is 0.211. The van der Waals surface area contributed by atoms with Gasteiger partial charge >= 0.3 is 8.80 Å². The van der Waals surface area contributed by atoms with Gasteiger partial charge in [0.05, 0.1) is 5.76 Å². The van der Waals surface area contributed by atoms with Crippen LogP contribution in [0.4, 0.5) is 0 Å². The molecule has 0 spiro atoms. The fourth-order valence-electron chi connectivity index (χ4n) is 1.75. The first kappa shape index (κ1) is 14.6. The standard InChI is InChI=1S/C10H25N3OSi/c1-9-10(2)14-15(11(3)4,12(5)6)13(7)8/h9H,1-8H3/b10-9-. The summed E-state index contributed by atoms with van der Waals surface area (Å²) in [7, 11) is 10.2. The van der Waals surface area contributed by atoms with Crippen molar-refractivity contribution in [2.75, 3.05) is 42.3 Å². The number of nitrogens with zero attached hydrogens (tertiary/aromatic N) is 3. The molecule has 0 rings (SSSR count). The summed E-state index contributed by atoms with van der Waals surface area (Å²) in [4.78, 5) is 0. The minimum atomic E-state index is -2.18. The average molecular weight is 231 g/mol. The molecule has 0 aromatic carbocycles. The van der Waals surface area contributed by atoms with Crippen LogP contribution in [0.2, 0.25) is 0 Å². The van der Waals surface area contributed by atoms with Crippen molar-refractivity contribution in [1.29, 1.82) is 0 Å². The Bertz CT molecular complexity index is 205. The SMILES string of the molecule is C/C=C(/C)O[Si](N(C)C)(N(C)C)N(C)C. The lowest BCUT2D eigenvalue weighted by Gasteiger charge is -2.44. The summed E-state index contributed by atoms with van der Waals surface area (Å²) >= 11 is 0. The summed E-state index contributed by atoms with van der Waals surface area (Å²) in [5.74, 6) is 0.970. The van der Waals surface area contributed by atoms with Crippen LogP contribution < -0.4 is 0 Å². The first-order valence-electron chi connectivity index (χ1n) is 5.13. The predicted octanol–water partition coefficient (Wildman–Crippen LogP) is 1.05. The molecular weight excluding hydrogens is 206 g/mol. The number of hydrogen-bond acceptors (Lipinski definition) is 4. The van der Waals surface area contributed by atoms with Crippen LogP contribution in [-0.2, 0) is 4.43 Å². The normalized spacial score (nSPS) is 14.2. The Morgan fingerprint density at radius 2 is 1.27 bits per heavy atom. The molecule has 0 atom stereocenters. The van der Waals surface area contributed by atoms with Crippen LogP contribution >= 0.6 is 0 Å². The van der Waals surface area contributed by atoms with E-state index < -0.39 is 8.80 Å². The molecule has 90 valence electrons. The van der Waals surface area contributed by atoms with E-state index in [4.69, 9.17) is 4.43 Å². The second-order valence-electron chi connectivity index (χ2n) is 4.26. The van der Waals surface area contributed by atoms with Gasteiger partial charge in [0.15, 0.2) is 0 Å². The van der Waals surface area contributed by atoms with Crippen molar-refractivity contribution in [3.8, 4) is 0 Å². The number of hydrogen-bond donors (Lipinski definition) is 0. The number of rotatable bonds is 5. The monoisotopic (exact) mass is 231 g/mol. The molecule has 4 nitrogen and oxygen atoms in total. The van der Waals surface area contributed by atoms with Gasteiger partial charge in [-0.15, -0.1) is 0 Å². The molecule has 0 unspecified atom stereocenters. The Hall–Kier alpha value is -0.363. The van der Waals surface area contributed by atoms with Crippen molar-refractivity contribution in [1.82, 2.24) is 13.7 Å². The van der Waals surface area contributed by atoms with Crippen LogP contribution in [0.1, 0.15) is 13.8 Å². The molecule has 0 aromatic heterocycles. The van der Waals surface area contributed by atoms with E-state index in [9.17, 15) is 0 Å². The Labute approximate surface area is 95.5 Å². The molecule has 0 saturated carbocycles. The lowest BCUT2D eigenvalue weighted by atomic mass is 10.5. The summed E-state index contributed by atoms with van der Waals surface area (Å²) in [6.07, 6.45) is 2.00. The van der Waals surface area contributed by atoms with Gasteiger partial charge in [-0.1, -0.05) is 6.08 Å². The van der Waals surface area contributed by atoms with E-state index in [2.05, 4.69) is 56.0 Å². The fraction of sp³-hybridized carbons (Fsp3) is 0.800. The fourth-order valence-corrected chi connectivity index (χ4v) is 5.25. The highest BCUT2D eigenvalue weighted by Crippen LogP contribution is 2.17. The molecule has 0 saturated heterocycles. The average Bonchev–Trinajstić information content (AvgIpc) is 2.11. The molecule has 0 amide bonds. The molecular formula is C10H25N3OSi. The highest BCUT2D eigenvalue weighted by molar-refractivity contribution is 6.65. The van der Waals surface area contributed by atoms with Crippen LogP contribution in [0.15, 0.2) is 11.8 Å². The van der Waals surface area contributed by atoms with Crippen molar-refractivity contribution in [2.45, 2.75) is 13.8 Å². The highest BCUT2D eigenvalue weighted by Gasteiger charge is 2.48. The maximum absolute atomic E-state index is 6.15. The van der Waals surface area contributed by atoms with Crippen LogP contribution in [0.25, 0.3) is 0 Å². The zero-order chi connectivity index (χ0) is 12.2. The molecule has 5 heteroatoms. The third kappa shape index (κ3) is 3.04. The van der Waals surface area contributed by atoms with E-state index in [1.807, 2.05) is 19.9 Å². The molecule has 0 aliphatic heterocycles. The van der Waals surface area contributed by atoms with Crippen molar-refractivity contribution in [3.63, 3.8) is 0 Å². The van der Waals surface area contributed by atoms with Crippen LogP contribution in [0.5, 0.6) is 0 Å². The lowest BCUT2D eigenvalue weighted by Crippen LogP contribution is -2.71.